The molecule has 0 radical (unpaired) electrons. The highest BCUT2D eigenvalue weighted by atomic mass is 16.6. The summed E-state index contributed by atoms with van der Waals surface area (Å²) in [7, 11) is 0. The van der Waals surface area contributed by atoms with Crippen LogP contribution in [0.25, 0.3) is 22.3 Å². The third-order valence-corrected chi connectivity index (χ3v) is 6.58. The summed E-state index contributed by atoms with van der Waals surface area (Å²) in [5.74, 6) is -1.34. The maximum atomic E-state index is 13.5. The summed E-state index contributed by atoms with van der Waals surface area (Å²) in [4.78, 5) is 55.1. The van der Waals surface area contributed by atoms with Crippen LogP contribution >= 0.6 is 0 Å². The molecule has 2 aliphatic heterocycles. The highest BCUT2D eigenvalue weighted by Crippen LogP contribution is 2.41. The van der Waals surface area contributed by atoms with Crippen molar-refractivity contribution in [1.82, 2.24) is 9.55 Å². The van der Waals surface area contributed by atoms with Crippen molar-refractivity contribution >= 4 is 28.6 Å². The summed E-state index contributed by atoms with van der Waals surface area (Å²) in [5.41, 5.74) is 1.64. The number of fused-ring (bicyclic) bond motifs is 5. The molecule has 0 fully saturated rings. The van der Waals surface area contributed by atoms with Crippen LogP contribution in [0.15, 0.2) is 41.2 Å². The number of rotatable bonds is 6. The third kappa shape index (κ3) is 3.41. The summed E-state index contributed by atoms with van der Waals surface area (Å²) in [6.45, 7) is 3.36. The number of ether oxygens (including phenoxy) is 2. The molecule has 4 heterocycles. The fourth-order valence-corrected chi connectivity index (χ4v) is 4.81. The Morgan fingerprint density at radius 1 is 1.18 bits per heavy atom. The number of esters is 2. The maximum absolute atomic E-state index is 13.5. The second-order valence-electron chi connectivity index (χ2n) is 8.79. The molecular weight excluding hydrogens is 436 g/mol. The largest absolute Gasteiger partial charge is 0.457 e. The second kappa shape index (κ2) is 8.20. The lowest BCUT2D eigenvalue weighted by Gasteiger charge is -2.35. The first-order chi connectivity index (χ1) is 16.3. The van der Waals surface area contributed by atoms with E-state index in [1.54, 1.807) is 17.6 Å². The first kappa shape index (κ1) is 22.0. The fraction of sp³-hybridized carbons (Fsp3) is 0.346. The van der Waals surface area contributed by atoms with Gasteiger partial charge in [-0.15, -0.1) is 0 Å². The van der Waals surface area contributed by atoms with Gasteiger partial charge in [0.15, 0.2) is 0 Å². The van der Waals surface area contributed by atoms with Crippen molar-refractivity contribution in [3.8, 4) is 11.4 Å². The number of aromatic nitrogens is 2. The van der Waals surface area contributed by atoms with E-state index < -0.39 is 17.5 Å². The number of carbonyl (C=O) groups is 3. The van der Waals surface area contributed by atoms with Gasteiger partial charge in [0, 0.05) is 29.4 Å². The number of ketones is 1. The Labute approximate surface area is 195 Å². The lowest BCUT2D eigenvalue weighted by molar-refractivity contribution is -0.189. The van der Waals surface area contributed by atoms with Crippen LogP contribution in [0.5, 0.6) is 0 Å². The maximum Gasteiger partial charge on any atom is 0.355 e. The van der Waals surface area contributed by atoms with E-state index in [0.717, 1.165) is 16.5 Å². The number of hydrogen-bond donors (Lipinski definition) is 0. The first-order valence-corrected chi connectivity index (χ1v) is 11.4. The van der Waals surface area contributed by atoms with E-state index in [1.165, 1.54) is 6.92 Å². The molecule has 1 atom stereocenters. The number of nitrogens with zero attached hydrogens (tertiary/aromatic N) is 2. The molecule has 5 rings (SSSR count). The molecule has 2 aromatic heterocycles. The van der Waals surface area contributed by atoms with Crippen LogP contribution in [-0.2, 0) is 42.6 Å². The van der Waals surface area contributed by atoms with Crippen LogP contribution in [0.3, 0.4) is 0 Å². The minimum atomic E-state index is -1.71. The Morgan fingerprint density at radius 3 is 2.74 bits per heavy atom. The fourth-order valence-electron chi connectivity index (χ4n) is 4.81. The molecule has 0 amide bonds. The van der Waals surface area contributed by atoms with Crippen LogP contribution in [0, 0.1) is 0 Å². The van der Waals surface area contributed by atoms with Crippen molar-refractivity contribution in [3.63, 3.8) is 0 Å². The number of carbonyl (C=O) groups excluding carboxylic acids is 3. The summed E-state index contributed by atoms with van der Waals surface area (Å²) in [6, 6.07) is 11.5. The predicted octanol–water partition coefficient (Wildman–Crippen LogP) is 3.39. The molecule has 8 nitrogen and oxygen atoms in total. The molecule has 0 spiro atoms. The lowest BCUT2D eigenvalue weighted by atomic mass is 9.85. The zero-order chi connectivity index (χ0) is 24.0. The number of pyridine rings is 2. The first-order valence-electron chi connectivity index (χ1n) is 11.4. The van der Waals surface area contributed by atoms with E-state index in [1.807, 2.05) is 30.3 Å². The molecule has 0 N–H and O–H groups in total. The van der Waals surface area contributed by atoms with Gasteiger partial charge in [-0.1, -0.05) is 25.1 Å². The standard InChI is InChI=1S/C26H24N2O6/c1-3-26(34-22(30)10-6-7-15(2)29)19-12-21-23-17(11-16-8-4-5-9-20(16)27-23)13-28(21)24(31)18(19)14-33-25(26)32/h4-5,8-9,11-12H,3,6-7,10,13-14H2,1-2H3/t26-/m0/s1. The van der Waals surface area contributed by atoms with Gasteiger partial charge in [0.25, 0.3) is 5.56 Å². The van der Waals surface area contributed by atoms with E-state index in [0.29, 0.717) is 35.5 Å². The molecule has 174 valence electrons. The lowest BCUT2D eigenvalue weighted by Crippen LogP contribution is -2.47. The molecule has 0 saturated carbocycles. The summed E-state index contributed by atoms with van der Waals surface area (Å²) >= 11 is 0. The quantitative estimate of drug-likeness (QED) is 0.406. The van der Waals surface area contributed by atoms with Crippen molar-refractivity contribution in [2.45, 2.75) is 58.3 Å². The SMILES string of the molecule is CC[C@@]1(OC(=O)CCCC(C)=O)C(=O)OCc2c1cc1n(c2=O)Cc2cc3ccccc3nc2-1. The van der Waals surface area contributed by atoms with Gasteiger partial charge in [-0.25, -0.2) is 9.78 Å². The molecule has 0 aliphatic carbocycles. The average molecular weight is 460 g/mol. The van der Waals surface area contributed by atoms with Gasteiger partial charge in [-0.05, 0) is 38.0 Å². The van der Waals surface area contributed by atoms with E-state index in [9.17, 15) is 19.2 Å². The summed E-state index contributed by atoms with van der Waals surface area (Å²) < 4.78 is 12.7. The topological polar surface area (TPSA) is 105 Å². The number of Topliss-reactive ketones (excluding diaryl/α,β-unsaturated/α-hetero) is 1. The Kier molecular flexibility index (Phi) is 5.31. The van der Waals surface area contributed by atoms with Crippen molar-refractivity contribution in [3.05, 3.63) is 63.4 Å². The Hall–Kier alpha value is -3.81. The second-order valence-corrected chi connectivity index (χ2v) is 8.79. The van der Waals surface area contributed by atoms with Gasteiger partial charge in [0.2, 0.25) is 5.60 Å². The van der Waals surface area contributed by atoms with Gasteiger partial charge < -0.3 is 18.8 Å². The van der Waals surface area contributed by atoms with Gasteiger partial charge in [-0.3, -0.25) is 9.59 Å². The molecule has 2 aliphatic rings. The van der Waals surface area contributed by atoms with Crippen molar-refractivity contribution in [2.24, 2.45) is 0 Å². The predicted molar refractivity (Wildman–Crippen MR) is 123 cm³/mol. The van der Waals surface area contributed by atoms with Crippen LogP contribution in [0.1, 0.15) is 56.2 Å². The van der Waals surface area contributed by atoms with Gasteiger partial charge in [0.1, 0.15) is 12.4 Å². The molecule has 3 aromatic rings. The summed E-state index contributed by atoms with van der Waals surface area (Å²) in [5, 5.41) is 0.979. The minimum absolute atomic E-state index is 0.00968. The van der Waals surface area contributed by atoms with Gasteiger partial charge in [-0.2, -0.15) is 0 Å². The van der Waals surface area contributed by atoms with E-state index in [-0.39, 0.29) is 37.2 Å². The molecule has 0 bridgehead atoms. The molecule has 0 saturated heterocycles. The average Bonchev–Trinajstić information content (AvgIpc) is 3.17. The summed E-state index contributed by atoms with van der Waals surface area (Å²) in [6.07, 6.45) is 0.677. The van der Waals surface area contributed by atoms with Crippen LogP contribution in [0.4, 0.5) is 0 Å². The molecule has 0 unspecified atom stereocenters. The molecular formula is C26H24N2O6. The Morgan fingerprint density at radius 2 is 1.97 bits per heavy atom. The Bertz CT molecular complexity index is 1420. The van der Waals surface area contributed by atoms with Crippen LogP contribution in [0.2, 0.25) is 0 Å². The number of hydrogen-bond acceptors (Lipinski definition) is 7. The van der Waals surface area contributed by atoms with E-state index in [2.05, 4.69) is 0 Å². The smallest absolute Gasteiger partial charge is 0.355 e. The van der Waals surface area contributed by atoms with E-state index in [4.69, 9.17) is 14.5 Å². The third-order valence-electron chi connectivity index (χ3n) is 6.58. The van der Waals surface area contributed by atoms with E-state index >= 15 is 0 Å². The molecule has 34 heavy (non-hydrogen) atoms. The van der Waals surface area contributed by atoms with Crippen LogP contribution < -0.4 is 5.56 Å². The molecule has 1 aromatic carbocycles. The normalized spacial score (nSPS) is 18.1. The molecule has 8 heteroatoms. The van der Waals surface area contributed by atoms with Crippen molar-refractivity contribution in [1.29, 1.82) is 0 Å². The van der Waals surface area contributed by atoms with Gasteiger partial charge >= 0.3 is 11.9 Å². The Balaban J connectivity index is 1.61. The number of benzene rings is 1. The zero-order valence-electron chi connectivity index (χ0n) is 19.1. The number of cyclic esters (lactones) is 1. The zero-order valence-corrected chi connectivity index (χ0v) is 19.1. The highest BCUT2D eigenvalue weighted by Gasteiger charge is 2.50. The monoisotopic (exact) mass is 460 g/mol. The van der Waals surface area contributed by atoms with Crippen molar-refractivity contribution in [2.75, 3.05) is 0 Å². The number of para-hydroxylation sites is 1. The minimum Gasteiger partial charge on any atom is -0.457 e. The van der Waals surface area contributed by atoms with Crippen molar-refractivity contribution < 1.29 is 23.9 Å². The van der Waals surface area contributed by atoms with Crippen LogP contribution in [-0.4, -0.2) is 27.3 Å². The van der Waals surface area contributed by atoms with Gasteiger partial charge in [0.05, 0.1) is 29.0 Å². The highest BCUT2D eigenvalue weighted by molar-refractivity contribution is 5.88.